The standard InChI is InChI=1S/C11H10ClN5O4/c12-7-3-6(4-8(10(7)13)17(19)20)11(18)14-2-1-9-15-5-21-16-9/h3-5H,1-2,13H2,(H,14,18). The third-order valence-electron chi connectivity index (χ3n) is 2.61. The lowest BCUT2D eigenvalue weighted by atomic mass is 10.1. The second kappa shape index (κ2) is 6.18. The molecular weight excluding hydrogens is 302 g/mol. The molecule has 2 rings (SSSR count). The van der Waals surface area contributed by atoms with Gasteiger partial charge in [0.2, 0.25) is 6.39 Å². The molecule has 0 atom stereocenters. The van der Waals surface area contributed by atoms with Crippen molar-refractivity contribution in [3.8, 4) is 0 Å². The number of anilines is 1. The van der Waals surface area contributed by atoms with E-state index in [-0.39, 0.29) is 22.8 Å². The van der Waals surface area contributed by atoms with Crippen molar-refractivity contribution in [3.05, 3.63) is 45.1 Å². The summed E-state index contributed by atoms with van der Waals surface area (Å²) in [5.74, 6) is -0.0693. The fourth-order valence-electron chi connectivity index (χ4n) is 1.58. The highest BCUT2D eigenvalue weighted by Gasteiger charge is 2.19. The second-order valence-electron chi connectivity index (χ2n) is 4.00. The highest BCUT2D eigenvalue weighted by atomic mass is 35.5. The van der Waals surface area contributed by atoms with Gasteiger partial charge in [-0.2, -0.15) is 4.98 Å². The maximum absolute atomic E-state index is 11.9. The first kappa shape index (κ1) is 14.7. The van der Waals surface area contributed by atoms with Gasteiger partial charge in [0.15, 0.2) is 5.82 Å². The molecule has 9 nitrogen and oxygen atoms in total. The van der Waals surface area contributed by atoms with Crippen LogP contribution in [-0.4, -0.2) is 27.5 Å². The maximum Gasteiger partial charge on any atom is 0.294 e. The normalized spacial score (nSPS) is 10.3. The topological polar surface area (TPSA) is 137 Å². The lowest BCUT2D eigenvalue weighted by Gasteiger charge is -2.06. The van der Waals surface area contributed by atoms with Gasteiger partial charge in [-0.1, -0.05) is 16.8 Å². The average Bonchev–Trinajstić information content (AvgIpc) is 2.94. The van der Waals surface area contributed by atoms with Gasteiger partial charge in [0.1, 0.15) is 5.69 Å². The number of hydrogen-bond donors (Lipinski definition) is 2. The Morgan fingerprint density at radius 1 is 1.52 bits per heavy atom. The zero-order valence-electron chi connectivity index (χ0n) is 10.6. The van der Waals surface area contributed by atoms with Gasteiger partial charge in [-0.25, -0.2) is 0 Å². The molecule has 10 heteroatoms. The van der Waals surface area contributed by atoms with Crippen LogP contribution in [0.15, 0.2) is 23.0 Å². The van der Waals surface area contributed by atoms with Gasteiger partial charge in [0.05, 0.1) is 9.95 Å². The van der Waals surface area contributed by atoms with Crippen molar-refractivity contribution in [3.63, 3.8) is 0 Å². The van der Waals surface area contributed by atoms with E-state index < -0.39 is 16.5 Å². The number of aromatic nitrogens is 2. The predicted molar refractivity (Wildman–Crippen MR) is 72.9 cm³/mol. The third kappa shape index (κ3) is 3.45. The number of halogens is 1. The van der Waals surface area contributed by atoms with Crippen molar-refractivity contribution >= 4 is 28.9 Å². The number of benzene rings is 1. The first-order chi connectivity index (χ1) is 9.99. The van der Waals surface area contributed by atoms with Gasteiger partial charge < -0.3 is 15.6 Å². The molecule has 21 heavy (non-hydrogen) atoms. The molecule has 1 heterocycles. The minimum Gasteiger partial charge on any atom is -0.392 e. The molecule has 1 aromatic heterocycles. The highest BCUT2D eigenvalue weighted by Crippen LogP contribution is 2.30. The number of nitrogens with two attached hydrogens (primary N) is 1. The summed E-state index contributed by atoms with van der Waals surface area (Å²) in [6.45, 7) is 0.244. The predicted octanol–water partition coefficient (Wildman–Crippen LogP) is 1.19. The smallest absolute Gasteiger partial charge is 0.294 e. The van der Waals surface area contributed by atoms with Gasteiger partial charge in [-0.05, 0) is 6.07 Å². The molecule has 0 radical (unpaired) electrons. The number of nitrogen functional groups attached to an aromatic ring is 1. The fraction of sp³-hybridized carbons (Fsp3) is 0.182. The van der Waals surface area contributed by atoms with E-state index in [0.717, 1.165) is 6.07 Å². The van der Waals surface area contributed by atoms with Gasteiger partial charge in [-0.3, -0.25) is 14.9 Å². The van der Waals surface area contributed by atoms with Crippen LogP contribution in [0.5, 0.6) is 0 Å². The summed E-state index contributed by atoms with van der Waals surface area (Å²) in [7, 11) is 0. The van der Waals surface area contributed by atoms with Crippen LogP contribution < -0.4 is 11.1 Å². The zero-order valence-corrected chi connectivity index (χ0v) is 11.3. The monoisotopic (exact) mass is 311 g/mol. The Hall–Kier alpha value is -2.68. The van der Waals surface area contributed by atoms with Crippen molar-refractivity contribution < 1.29 is 14.2 Å². The SMILES string of the molecule is Nc1c(Cl)cc(C(=O)NCCc2ncon2)cc1[N+](=O)[O-]. The Bertz CT molecular complexity index is 674. The van der Waals surface area contributed by atoms with E-state index in [4.69, 9.17) is 17.3 Å². The number of nitro groups is 1. The molecule has 0 aliphatic heterocycles. The number of carbonyl (C=O) groups is 1. The van der Waals surface area contributed by atoms with E-state index in [1.54, 1.807) is 0 Å². The Morgan fingerprint density at radius 2 is 2.29 bits per heavy atom. The number of amides is 1. The van der Waals surface area contributed by atoms with Crippen LogP contribution in [0.25, 0.3) is 0 Å². The Labute approximate surface area is 123 Å². The Kier molecular flexibility index (Phi) is 4.33. The zero-order chi connectivity index (χ0) is 15.4. The molecule has 0 aliphatic carbocycles. The van der Waals surface area contributed by atoms with Crippen LogP contribution in [0.1, 0.15) is 16.2 Å². The first-order valence-electron chi connectivity index (χ1n) is 5.76. The summed E-state index contributed by atoms with van der Waals surface area (Å²) in [6, 6.07) is 2.35. The quantitative estimate of drug-likeness (QED) is 0.480. The molecule has 1 amide bonds. The summed E-state index contributed by atoms with van der Waals surface area (Å²) >= 11 is 5.78. The van der Waals surface area contributed by atoms with Gasteiger partial charge in [-0.15, -0.1) is 0 Å². The molecule has 0 spiro atoms. The van der Waals surface area contributed by atoms with Crippen LogP contribution >= 0.6 is 11.6 Å². The molecule has 110 valence electrons. The van der Waals surface area contributed by atoms with Crippen molar-refractivity contribution in [2.45, 2.75) is 6.42 Å². The Morgan fingerprint density at radius 3 is 2.90 bits per heavy atom. The highest BCUT2D eigenvalue weighted by molar-refractivity contribution is 6.34. The van der Waals surface area contributed by atoms with Crippen molar-refractivity contribution in [1.82, 2.24) is 15.5 Å². The fourth-order valence-corrected chi connectivity index (χ4v) is 1.79. The van der Waals surface area contributed by atoms with Crippen LogP contribution in [-0.2, 0) is 6.42 Å². The van der Waals surface area contributed by atoms with E-state index in [2.05, 4.69) is 20.0 Å². The van der Waals surface area contributed by atoms with Crippen molar-refractivity contribution in [2.75, 3.05) is 12.3 Å². The van der Waals surface area contributed by atoms with Crippen LogP contribution in [0, 0.1) is 10.1 Å². The molecular formula is C11H10ClN5O4. The lowest BCUT2D eigenvalue weighted by molar-refractivity contribution is -0.383. The average molecular weight is 312 g/mol. The largest absolute Gasteiger partial charge is 0.392 e. The van der Waals surface area contributed by atoms with Crippen molar-refractivity contribution in [1.29, 1.82) is 0 Å². The molecule has 2 aromatic rings. The minimum absolute atomic E-state index is 0.0486. The molecule has 1 aromatic carbocycles. The summed E-state index contributed by atoms with van der Waals surface area (Å²) in [4.78, 5) is 25.8. The van der Waals surface area contributed by atoms with E-state index in [1.807, 2.05) is 0 Å². The molecule has 0 saturated carbocycles. The van der Waals surface area contributed by atoms with Gasteiger partial charge in [0, 0.05) is 24.6 Å². The third-order valence-corrected chi connectivity index (χ3v) is 2.92. The summed E-state index contributed by atoms with van der Waals surface area (Å²) in [5.41, 5.74) is 4.95. The second-order valence-corrected chi connectivity index (χ2v) is 4.41. The number of rotatable bonds is 5. The number of nitrogens with one attached hydrogen (secondary N) is 1. The van der Waals surface area contributed by atoms with Crippen LogP contribution in [0.2, 0.25) is 5.02 Å². The molecule has 0 bridgehead atoms. The number of carbonyl (C=O) groups excluding carboxylic acids is 1. The molecule has 0 saturated heterocycles. The number of nitrogens with zero attached hydrogens (tertiary/aromatic N) is 3. The Balaban J connectivity index is 2.07. The summed E-state index contributed by atoms with van der Waals surface area (Å²) < 4.78 is 4.55. The molecule has 3 N–H and O–H groups in total. The van der Waals surface area contributed by atoms with E-state index >= 15 is 0 Å². The molecule has 0 aliphatic rings. The van der Waals surface area contributed by atoms with E-state index in [1.165, 1.54) is 12.5 Å². The van der Waals surface area contributed by atoms with Gasteiger partial charge in [0.25, 0.3) is 11.6 Å². The van der Waals surface area contributed by atoms with Crippen LogP contribution in [0.3, 0.4) is 0 Å². The van der Waals surface area contributed by atoms with Crippen LogP contribution in [0.4, 0.5) is 11.4 Å². The van der Waals surface area contributed by atoms with E-state index in [9.17, 15) is 14.9 Å². The minimum atomic E-state index is -0.697. The number of nitro benzene ring substituents is 1. The summed E-state index contributed by atoms with van der Waals surface area (Å²) in [5, 5.41) is 16.9. The molecule has 0 fully saturated rings. The number of hydrogen-bond acceptors (Lipinski definition) is 7. The molecule has 0 unspecified atom stereocenters. The maximum atomic E-state index is 11.9. The van der Waals surface area contributed by atoms with Crippen molar-refractivity contribution in [2.24, 2.45) is 0 Å². The lowest BCUT2D eigenvalue weighted by Crippen LogP contribution is -2.26. The van der Waals surface area contributed by atoms with E-state index in [0.29, 0.717) is 12.2 Å². The van der Waals surface area contributed by atoms with Gasteiger partial charge >= 0.3 is 0 Å². The first-order valence-corrected chi connectivity index (χ1v) is 6.13. The summed E-state index contributed by atoms with van der Waals surface area (Å²) in [6.07, 6.45) is 1.55.